The van der Waals surface area contributed by atoms with Crippen LogP contribution in [0, 0.1) is 0 Å². The number of esters is 1. The van der Waals surface area contributed by atoms with E-state index in [1.54, 1.807) is 36.6 Å². The van der Waals surface area contributed by atoms with Crippen molar-refractivity contribution in [2.45, 2.75) is 13.5 Å². The van der Waals surface area contributed by atoms with Crippen LogP contribution in [0.15, 0.2) is 39.9 Å². The lowest BCUT2D eigenvalue weighted by atomic mass is 10.1. The van der Waals surface area contributed by atoms with Gasteiger partial charge in [-0.1, -0.05) is 24.0 Å². The van der Waals surface area contributed by atoms with E-state index in [0.29, 0.717) is 32.0 Å². The molecule has 0 aliphatic carbocycles. The Morgan fingerprint density at radius 2 is 1.96 bits per heavy atom. The molecule has 28 heavy (non-hydrogen) atoms. The molecular formula is C19H17NO6S2. The van der Waals surface area contributed by atoms with Gasteiger partial charge >= 0.3 is 5.97 Å². The van der Waals surface area contributed by atoms with Gasteiger partial charge in [-0.15, -0.1) is 0 Å². The Morgan fingerprint density at radius 1 is 1.29 bits per heavy atom. The number of thioether (sulfide) groups is 1. The second-order valence-corrected chi connectivity index (χ2v) is 7.37. The van der Waals surface area contributed by atoms with E-state index < -0.39 is 5.97 Å². The summed E-state index contributed by atoms with van der Waals surface area (Å²) >= 11 is 6.53. The highest BCUT2D eigenvalue weighted by atomic mass is 32.2. The largest absolute Gasteiger partial charge is 0.493 e. The Balaban J connectivity index is 1.91. The van der Waals surface area contributed by atoms with E-state index in [2.05, 4.69) is 0 Å². The Hall–Kier alpha value is -2.78. The maximum Gasteiger partial charge on any atom is 0.308 e. The quantitative estimate of drug-likeness (QED) is 0.304. The Morgan fingerprint density at radius 3 is 2.50 bits per heavy atom. The first kappa shape index (κ1) is 20.0. The van der Waals surface area contributed by atoms with E-state index >= 15 is 0 Å². The highest BCUT2D eigenvalue weighted by Gasteiger charge is 2.32. The van der Waals surface area contributed by atoms with Gasteiger partial charge in [0.05, 0.1) is 31.9 Å². The zero-order chi connectivity index (χ0) is 20.3. The van der Waals surface area contributed by atoms with Crippen LogP contribution in [-0.2, 0) is 16.1 Å². The Bertz CT molecular complexity index is 926. The number of amides is 1. The van der Waals surface area contributed by atoms with Gasteiger partial charge in [-0.2, -0.15) is 0 Å². The van der Waals surface area contributed by atoms with Crippen molar-refractivity contribution in [3.05, 3.63) is 46.8 Å². The molecule has 0 atom stereocenters. The van der Waals surface area contributed by atoms with Gasteiger partial charge < -0.3 is 18.6 Å². The number of carbonyl (C=O) groups is 2. The van der Waals surface area contributed by atoms with Crippen molar-refractivity contribution in [2.24, 2.45) is 0 Å². The topological polar surface area (TPSA) is 78.2 Å². The summed E-state index contributed by atoms with van der Waals surface area (Å²) < 4.78 is 21.5. The van der Waals surface area contributed by atoms with Crippen molar-refractivity contribution in [1.29, 1.82) is 0 Å². The van der Waals surface area contributed by atoms with Crippen LogP contribution in [0.1, 0.15) is 18.2 Å². The number of ether oxygens (including phenoxy) is 3. The smallest absolute Gasteiger partial charge is 0.308 e. The first-order chi connectivity index (χ1) is 13.4. The lowest BCUT2D eigenvalue weighted by Gasteiger charge is -2.13. The summed E-state index contributed by atoms with van der Waals surface area (Å²) in [7, 11) is 2.91. The molecule has 1 fully saturated rings. The van der Waals surface area contributed by atoms with Crippen LogP contribution >= 0.6 is 24.0 Å². The van der Waals surface area contributed by atoms with Crippen molar-refractivity contribution in [3.8, 4) is 17.2 Å². The molecule has 0 saturated carbocycles. The Labute approximate surface area is 171 Å². The summed E-state index contributed by atoms with van der Waals surface area (Å²) in [5.41, 5.74) is 0.642. The van der Waals surface area contributed by atoms with E-state index in [4.69, 9.17) is 30.8 Å². The zero-order valence-corrected chi connectivity index (χ0v) is 17.0. The number of methoxy groups -OCH3 is 2. The number of nitrogens with zero attached hydrogens (tertiary/aromatic N) is 1. The second-order valence-electron chi connectivity index (χ2n) is 5.70. The molecule has 2 heterocycles. The number of furan rings is 1. The van der Waals surface area contributed by atoms with Crippen LogP contribution < -0.4 is 14.2 Å². The molecule has 0 unspecified atom stereocenters. The number of hydrogen-bond acceptors (Lipinski definition) is 8. The lowest BCUT2D eigenvalue weighted by molar-refractivity contribution is -0.132. The first-order valence-corrected chi connectivity index (χ1v) is 9.37. The third-order valence-corrected chi connectivity index (χ3v) is 5.17. The molecule has 9 heteroatoms. The number of rotatable bonds is 6. The van der Waals surface area contributed by atoms with Crippen molar-refractivity contribution in [1.82, 2.24) is 4.90 Å². The standard InChI is InChI=1S/C19H17NO6S2/c1-11(21)26-17-14(23-2)7-12(8-15(17)24-3)9-16-18(22)20(19(27)28-16)10-13-5-4-6-25-13/h4-9H,10H2,1-3H3/b16-9-. The van der Waals surface area contributed by atoms with E-state index in [1.807, 2.05) is 0 Å². The van der Waals surface area contributed by atoms with Crippen LogP contribution in [0.4, 0.5) is 0 Å². The summed E-state index contributed by atoms with van der Waals surface area (Å²) in [6, 6.07) is 6.84. The highest BCUT2D eigenvalue weighted by molar-refractivity contribution is 8.26. The van der Waals surface area contributed by atoms with Gasteiger partial charge in [0.2, 0.25) is 5.75 Å². The molecular weight excluding hydrogens is 402 g/mol. The molecule has 0 bridgehead atoms. The Kier molecular flexibility index (Phi) is 6.05. The number of hydrogen-bond donors (Lipinski definition) is 0. The van der Waals surface area contributed by atoms with E-state index in [9.17, 15) is 9.59 Å². The average Bonchev–Trinajstić information content (AvgIpc) is 3.26. The van der Waals surface area contributed by atoms with Gasteiger partial charge in [-0.25, -0.2) is 0 Å². The maximum absolute atomic E-state index is 12.7. The van der Waals surface area contributed by atoms with E-state index in [-0.39, 0.29) is 18.2 Å². The molecule has 1 saturated heterocycles. The molecule has 1 aliphatic heterocycles. The fourth-order valence-electron chi connectivity index (χ4n) is 2.57. The molecule has 7 nitrogen and oxygen atoms in total. The summed E-state index contributed by atoms with van der Waals surface area (Å²) in [6.45, 7) is 1.56. The minimum Gasteiger partial charge on any atom is -0.493 e. The van der Waals surface area contributed by atoms with Gasteiger partial charge in [-0.3, -0.25) is 14.5 Å². The SMILES string of the molecule is COc1cc(/C=C2\SC(=S)N(Cc3ccco3)C2=O)cc(OC)c1OC(C)=O. The van der Waals surface area contributed by atoms with Gasteiger partial charge in [0.1, 0.15) is 10.1 Å². The fourth-order valence-corrected chi connectivity index (χ4v) is 3.83. The molecule has 0 radical (unpaired) electrons. The number of carbonyl (C=O) groups excluding carboxylic acids is 2. The zero-order valence-electron chi connectivity index (χ0n) is 15.4. The predicted octanol–water partition coefficient (Wildman–Crippen LogP) is 3.62. The predicted molar refractivity (Wildman–Crippen MR) is 108 cm³/mol. The molecule has 1 amide bonds. The minimum atomic E-state index is -0.497. The second kappa shape index (κ2) is 8.49. The maximum atomic E-state index is 12.7. The van der Waals surface area contributed by atoms with Crippen molar-refractivity contribution in [2.75, 3.05) is 14.2 Å². The first-order valence-electron chi connectivity index (χ1n) is 8.15. The van der Waals surface area contributed by atoms with Gasteiger partial charge in [0.15, 0.2) is 11.5 Å². The monoisotopic (exact) mass is 419 g/mol. The fraction of sp³-hybridized carbons (Fsp3) is 0.211. The van der Waals surface area contributed by atoms with Crippen molar-refractivity contribution < 1.29 is 28.2 Å². The summed E-state index contributed by atoms with van der Waals surface area (Å²) in [5, 5.41) is 0. The van der Waals surface area contributed by atoms with Gasteiger partial charge in [0, 0.05) is 6.92 Å². The molecule has 2 aromatic rings. The summed E-state index contributed by atoms with van der Waals surface area (Å²) in [5.74, 6) is 0.738. The third-order valence-electron chi connectivity index (χ3n) is 3.79. The molecule has 0 spiro atoms. The molecule has 1 aromatic carbocycles. The van der Waals surface area contributed by atoms with Crippen LogP contribution in [0.2, 0.25) is 0 Å². The van der Waals surface area contributed by atoms with Crippen LogP contribution in [0.5, 0.6) is 17.2 Å². The molecule has 0 N–H and O–H groups in total. The number of benzene rings is 1. The average molecular weight is 419 g/mol. The van der Waals surface area contributed by atoms with E-state index in [0.717, 1.165) is 0 Å². The van der Waals surface area contributed by atoms with Crippen LogP contribution in [0.25, 0.3) is 6.08 Å². The van der Waals surface area contributed by atoms with E-state index in [1.165, 1.54) is 37.8 Å². The van der Waals surface area contributed by atoms with Gasteiger partial charge in [0.25, 0.3) is 5.91 Å². The summed E-state index contributed by atoms with van der Waals surface area (Å²) in [6.07, 6.45) is 3.23. The van der Waals surface area contributed by atoms with Crippen LogP contribution in [-0.4, -0.2) is 35.3 Å². The van der Waals surface area contributed by atoms with Crippen molar-refractivity contribution in [3.63, 3.8) is 0 Å². The molecule has 1 aromatic heterocycles. The van der Waals surface area contributed by atoms with Gasteiger partial charge in [-0.05, 0) is 35.9 Å². The third kappa shape index (κ3) is 4.20. The van der Waals surface area contributed by atoms with Crippen molar-refractivity contribution >= 4 is 46.3 Å². The normalized spacial score (nSPS) is 15.2. The van der Waals surface area contributed by atoms with Crippen LogP contribution in [0.3, 0.4) is 0 Å². The molecule has 1 aliphatic rings. The summed E-state index contributed by atoms with van der Waals surface area (Å²) in [4.78, 5) is 26.0. The molecule has 146 valence electrons. The minimum absolute atomic E-state index is 0.181. The molecule has 3 rings (SSSR count). The highest BCUT2D eigenvalue weighted by Crippen LogP contribution is 2.41. The number of thiocarbonyl (C=S) groups is 1. The lowest BCUT2D eigenvalue weighted by Crippen LogP contribution is -2.27.